The number of hydrogen-bond acceptors (Lipinski definition) is 6. The van der Waals surface area contributed by atoms with Gasteiger partial charge in [-0.3, -0.25) is 0 Å². The van der Waals surface area contributed by atoms with E-state index in [4.69, 9.17) is 8.60 Å². The summed E-state index contributed by atoms with van der Waals surface area (Å²) in [5.41, 5.74) is 0.242. The maximum atomic E-state index is 14.0. The standard InChI is InChI=1S/C43H29F3N2O4S.C7H10/c44-43(45,46)53(49,50)52-41-29-35(47(31-15-4-1-5-16-31)32-17-6-2-7-18-32)26-27-39(41)48(33-19-8-3-9-20-33)34-21-12-14-30(28-34)36-23-13-24-38-37-22-10-11-25-40(37)51-42(36)38;1-3-5-7-6-4-2/h1-29H;3-7H,1H2,2H3/b;6-4-,7-5-. The van der Waals surface area contributed by atoms with E-state index in [0.717, 1.165) is 27.5 Å². The van der Waals surface area contributed by atoms with Crippen molar-refractivity contribution in [3.63, 3.8) is 0 Å². The summed E-state index contributed by atoms with van der Waals surface area (Å²) in [5, 5.41) is 1.91. The summed E-state index contributed by atoms with van der Waals surface area (Å²) in [5.74, 6) is -0.523. The number of para-hydroxylation sites is 5. The van der Waals surface area contributed by atoms with Crippen LogP contribution in [0.15, 0.2) is 217 Å². The Morgan fingerprint density at radius 3 is 1.75 bits per heavy atom. The summed E-state index contributed by atoms with van der Waals surface area (Å²) in [6.45, 7) is 5.49. The molecule has 300 valence electrons. The number of alkyl halides is 3. The quantitative estimate of drug-likeness (QED) is 0.0736. The third-order valence-corrected chi connectivity index (χ3v) is 10.3. The number of rotatable bonds is 11. The summed E-state index contributed by atoms with van der Waals surface area (Å²) in [6, 6.07) is 53.0. The molecule has 7 aromatic carbocycles. The fourth-order valence-electron chi connectivity index (χ4n) is 6.71. The summed E-state index contributed by atoms with van der Waals surface area (Å²) in [4.78, 5) is 3.47. The van der Waals surface area contributed by atoms with E-state index in [2.05, 4.69) is 6.58 Å². The van der Waals surface area contributed by atoms with Crippen LogP contribution in [0.3, 0.4) is 0 Å². The fraction of sp³-hybridized carbons (Fsp3) is 0.0400. The van der Waals surface area contributed by atoms with Gasteiger partial charge in [-0.25, -0.2) is 0 Å². The lowest BCUT2D eigenvalue weighted by Gasteiger charge is -2.30. The summed E-state index contributed by atoms with van der Waals surface area (Å²) >= 11 is 0. The molecule has 0 radical (unpaired) electrons. The third kappa shape index (κ3) is 8.89. The summed E-state index contributed by atoms with van der Waals surface area (Å²) < 4.78 is 78.8. The molecule has 0 spiro atoms. The molecule has 0 amide bonds. The van der Waals surface area contributed by atoms with Crippen LogP contribution in [0.4, 0.5) is 47.3 Å². The molecule has 0 fully saturated rings. The number of allylic oxidation sites excluding steroid dienone is 5. The zero-order valence-electron chi connectivity index (χ0n) is 32.4. The first-order chi connectivity index (χ1) is 29.1. The highest BCUT2D eigenvalue weighted by molar-refractivity contribution is 7.88. The highest BCUT2D eigenvalue weighted by Crippen LogP contribution is 2.47. The highest BCUT2D eigenvalue weighted by atomic mass is 32.2. The minimum Gasteiger partial charge on any atom is -0.455 e. The van der Waals surface area contributed by atoms with E-state index < -0.39 is 21.4 Å². The molecule has 0 atom stereocenters. The number of hydrogen-bond donors (Lipinski definition) is 0. The average Bonchev–Trinajstić information content (AvgIpc) is 3.65. The van der Waals surface area contributed by atoms with E-state index in [1.807, 2.05) is 159 Å². The van der Waals surface area contributed by atoms with Gasteiger partial charge in [0.15, 0.2) is 5.75 Å². The van der Waals surface area contributed by atoms with Gasteiger partial charge in [0.25, 0.3) is 0 Å². The van der Waals surface area contributed by atoms with Crippen LogP contribution in [0.5, 0.6) is 5.75 Å². The SMILES string of the molecule is C=C/C=C\C=C/C.O=S(=O)(Oc1cc(N(c2ccccc2)c2ccccc2)ccc1N(c1ccccc1)c1cccc(-c2cccc3c2oc2ccccc23)c1)C(F)(F)F. The normalized spacial score (nSPS) is 11.7. The fourth-order valence-corrected chi connectivity index (χ4v) is 7.17. The van der Waals surface area contributed by atoms with Gasteiger partial charge in [0.05, 0.1) is 11.4 Å². The van der Waals surface area contributed by atoms with Crippen LogP contribution in [-0.2, 0) is 10.1 Å². The topological polar surface area (TPSA) is 63.0 Å². The Labute approximate surface area is 347 Å². The van der Waals surface area contributed by atoms with E-state index in [1.54, 1.807) is 58.3 Å². The predicted octanol–water partition coefficient (Wildman–Crippen LogP) is 14.7. The number of halogens is 3. The maximum Gasteiger partial charge on any atom is 0.534 e. The van der Waals surface area contributed by atoms with Crippen molar-refractivity contribution < 1.29 is 30.2 Å². The minimum absolute atomic E-state index is 0.0629. The van der Waals surface area contributed by atoms with Crippen LogP contribution in [-0.4, -0.2) is 13.9 Å². The number of anilines is 6. The Bertz CT molecular complexity index is 2850. The smallest absolute Gasteiger partial charge is 0.455 e. The van der Waals surface area contributed by atoms with Crippen LogP contribution < -0.4 is 14.0 Å². The Kier molecular flexibility index (Phi) is 12.3. The van der Waals surface area contributed by atoms with Gasteiger partial charge in [0.2, 0.25) is 0 Å². The van der Waals surface area contributed by atoms with Gasteiger partial charge in [-0.2, -0.15) is 21.6 Å². The van der Waals surface area contributed by atoms with Crippen molar-refractivity contribution in [2.24, 2.45) is 0 Å². The van der Waals surface area contributed by atoms with E-state index in [1.165, 1.54) is 6.07 Å². The predicted molar refractivity (Wildman–Crippen MR) is 238 cm³/mol. The lowest BCUT2D eigenvalue weighted by molar-refractivity contribution is -0.0499. The molecule has 8 aromatic rings. The molecule has 1 heterocycles. The highest BCUT2D eigenvalue weighted by Gasteiger charge is 2.49. The van der Waals surface area contributed by atoms with E-state index in [9.17, 15) is 21.6 Å². The maximum absolute atomic E-state index is 14.0. The molecule has 0 aliphatic heterocycles. The zero-order valence-corrected chi connectivity index (χ0v) is 33.2. The molecule has 6 nitrogen and oxygen atoms in total. The number of furan rings is 1. The van der Waals surface area contributed by atoms with Crippen LogP contribution >= 0.6 is 0 Å². The lowest BCUT2D eigenvalue weighted by Crippen LogP contribution is -2.28. The van der Waals surface area contributed by atoms with E-state index in [-0.39, 0.29) is 5.69 Å². The number of nitrogens with zero attached hydrogens (tertiary/aromatic N) is 2. The van der Waals surface area contributed by atoms with Crippen molar-refractivity contribution in [2.75, 3.05) is 9.80 Å². The molecule has 8 rings (SSSR count). The van der Waals surface area contributed by atoms with Gasteiger partial charge in [0.1, 0.15) is 11.2 Å². The first-order valence-electron chi connectivity index (χ1n) is 18.9. The Hall–Kier alpha value is -7.30. The second kappa shape index (κ2) is 18.1. The van der Waals surface area contributed by atoms with Crippen molar-refractivity contribution in [1.82, 2.24) is 0 Å². The Morgan fingerprint density at radius 1 is 0.583 bits per heavy atom. The molecular weight excluding hydrogens is 782 g/mol. The van der Waals surface area contributed by atoms with E-state index >= 15 is 0 Å². The molecule has 0 bridgehead atoms. The van der Waals surface area contributed by atoms with Crippen LogP contribution in [0.1, 0.15) is 6.92 Å². The second-order valence-electron chi connectivity index (χ2n) is 13.3. The molecule has 0 saturated heterocycles. The average molecular weight is 821 g/mol. The Morgan fingerprint density at radius 2 is 1.13 bits per heavy atom. The first-order valence-corrected chi connectivity index (χ1v) is 20.3. The summed E-state index contributed by atoms with van der Waals surface area (Å²) in [6.07, 6.45) is 9.51. The number of benzene rings is 7. The van der Waals surface area contributed by atoms with Crippen molar-refractivity contribution >= 4 is 66.2 Å². The molecule has 60 heavy (non-hydrogen) atoms. The van der Waals surface area contributed by atoms with Crippen molar-refractivity contribution in [3.05, 3.63) is 213 Å². The summed E-state index contributed by atoms with van der Waals surface area (Å²) in [7, 11) is -6.09. The largest absolute Gasteiger partial charge is 0.534 e. The van der Waals surface area contributed by atoms with Gasteiger partial charge in [0, 0.05) is 45.2 Å². The monoisotopic (exact) mass is 820 g/mol. The van der Waals surface area contributed by atoms with E-state index in [0.29, 0.717) is 34.0 Å². The molecule has 1 aromatic heterocycles. The second-order valence-corrected chi connectivity index (χ2v) is 14.8. The molecule has 0 aliphatic rings. The first kappa shape index (κ1) is 40.9. The molecule has 0 N–H and O–H groups in total. The van der Waals surface area contributed by atoms with Crippen molar-refractivity contribution in [2.45, 2.75) is 12.4 Å². The van der Waals surface area contributed by atoms with Gasteiger partial charge in [-0.1, -0.05) is 140 Å². The third-order valence-electron chi connectivity index (χ3n) is 9.34. The van der Waals surface area contributed by atoms with Crippen LogP contribution in [0, 0.1) is 0 Å². The van der Waals surface area contributed by atoms with Crippen LogP contribution in [0.25, 0.3) is 33.1 Å². The zero-order chi connectivity index (χ0) is 42.1. The number of fused-ring (bicyclic) bond motifs is 3. The molecule has 10 heteroatoms. The molecule has 0 saturated carbocycles. The van der Waals surface area contributed by atoms with Crippen LogP contribution in [0.2, 0.25) is 0 Å². The molecular formula is C50H39F3N2O4S. The van der Waals surface area contributed by atoms with Gasteiger partial charge >= 0.3 is 15.6 Å². The minimum atomic E-state index is -6.09. The van der Waals surface area contributed by atoms with Gasteiger partial charge in [-0.15, -0.1) is 0 Å². The van der Waals surface area contributed by atoms with Gasteiger partial charge in [-0.05, 0) is 79.2 Å². The molecule has 0 unspecified atom stereocenters. The Balaban J connectivity index is 0.000000716. The lowest BCUT2D eigenvalue weighted by atomic mass is 10.0. The van der Waals surface area contributed by atoms with Gasteiger partial charge < -0.3 is 18.4 Å². The van der Waals surface area contributed by atoms with Crippen molar-refractivity contribution in [1.29, 1.82) is 0 Å². The molecule has 0 aliphatic carbocycles. The van der Waals surface area contributed by atoms with Crippen molar-refractivity contribution in [3.8, 4) is 16.9 Å².